The van der Waals surface area contributed by atoms with Gasteiger partial charge in [-0.05, 0) is 69.1 Å². The smallest absolute Gasteiger partial charge is 0.228 e. The van der Waals surface area contributed by atoms with Crippen LogP contribution >= 0.6 is 11.8 Å². The van der Waals surface area contributed by atoms with Crippen molar-refractivity contribution in [3.05, 3.63) is 0 Å². The van der Waals surface area contributed by atoms with Crippen LogP contribution in [0.5, 0.6) is 0 Å². The standard InChI is InChI=1S/C22H34N2O2S/c1-15(2)19(25)24-7-8-27-22(24)3-5-23(6-4-22)20(26)21-12-16-9-17(13-21)11-18(10-16)14-21/h15-18H,3-14H2,1-2H3. The minimum absolute atomic E-state index is 0.0183. The Kier molecular flexibility index (Phi) is 4.34. The molecule has 4 saturated carbocycles. The fourth-order valence-corrected chi connectivity index (χ4v) is 8.87. The Balaban J connectivity index is 1.28. The summed E-state index contributed by atoms with van der Waals surface area (Å²) in [6.45, 7) is 6.57. The number of amides is 2. The second-order valence-electron chi connectivity index (χ2n) is 10.4. The van der Waals surface area contributed by atoms with Gasteiger partial charge in [-0.1, -0.05) is 13.8 Å². The van der Waals surface area contributed by atoms with Crippen LogP contribution in [0.3, 0.4) is 0 Å². The number of hydrogen-bond donors (Lipinski definition) is 0. The van der Waals surface area contributed by atoms with E-state index in [1.807, 2.05) is 25.6 Å². The van der Waals surface area contributed by atoms with Crippen LogP contribution in [0.4, 0.5) is 0 Å². The van der Waals surface area contributed by atoms with Gasteiger partial charge in [0.05, 0.1) is 10.3 Å². The largest absolute Gasteiger partial charge is 0.342 e. The first-order chi connectivity index (χ1) is 12.9. The molecule has 4 nitrogen and oxygen atoms in total. The molecule has 5 heteroatoms. The Hall–Kier alpha value is -0.710. The first kappa shape index (κ1) is 18.3. The fraction of sp³-hybridized carbons (Fsp3) is 0.909. The minimum Gasteiger partial charge on any atom is -0.342 e. The van der Waals surface area contributed by atoms with E-state index in [1.54, 1.807) is 0 Å². The van der Waals surface area contributed by atoms with Gasteiger partial charge in [0.2, 0.25) is 11.8 Å². The van der Waals surface area contributed by atoms with Crippen LogP contribution in [-0.2, 0) is 9.59 Å². The molecule has 0 aromatic heterocycles. The maximum atomic E-state index is 13.6. The van der Waals surface area contributed by atoms with Crippen LogP contribution in [0.15, 0.2) is 0 Å². The van der Waals surface area contributed by atoms with Crippen LogP contribution in [0.1, 0.15) is 65.2 Å². The van der Waals surface area contributed by atoms with Gasteiger partial charge in [-0.25, -0.2) is 0 Å². The summed E-state index contributed by atoms with van der Waals surface area (Å²) in [7, 11) is 0. The summed E-state index contributed by atoms with van der Waals surface area (Å²) in [4.78, 5) is 30.6. The lowest BCUT2D eigenvalue weighted by Crippen LogP contribution is -2.59. The van der Waals surface area contributed by atoms with Gasteiger partial charge in [0, 0.05) is 31.3 Å². The van der Waals surface area contributed by atoms with Gasteiger partial charge in [0.15, 0.2) is 0 Å². The number of thioether (sulfide) groups is 1. The van der Waals surface area contributed by atoms with Crippen LogP contribution in [0.25, 0.3) is 0 Å². The lowest BCUT2D eigenvalue weighted by atomic mass is 9.49. The number of carbonyl (C=O) groups is 2. The molecule has 2 heterocycles. The average Bonchev–Trinajstić information content (AvgIpc) is 3.03. The summed E-state index contributed by atoms with van der Waals surface area (Å²) < 4.78 is 0. The number of carbonyl (C=O) groups excluding carboxylic acids is 2. The molecule has 4 aliphatic carbocycles. The molecule has 0 radical (unpaired) electrons. The maximum absolute atomic E-state index is 13.6. The average molecular weight is 391 g/mol. The van der Waals surface area contributed by atoms with E-state index in [-0.39, 0.29) is 16.2 Å². The lowest BCUT2D eigenvalue weighted by molar-refractivity contribution is -0.159. The van der Waals surface area contributed by atoms with Crippen LogP contribution < -0.4 is 0 Å². The van der Waals surface area contributed by atoms with Crippen molar-refractivity contribution in [3.8, 4) is 0 Å². The second-order valence-corrected chi connectivity index (χ2v) is 11.9. The Bertz CT molecular complexity index is 603. The molecule has 6 rings (SSSR count). The molecule has 27 heavy (non-hydrogen) atoms. The summed E-state index contributed by atoms with van der Waals surface area (Å²) in [5.74, 6) is 4.33. The Labute approximate surface area is 167 Å². The van der Waals surface area contributed by atoms with Gasteiger partial charge in [0.1, 0.15) is 0 Å². The highest BCUT2D eigenvalue weighted by Crippen LogP contribution is 2.60. The van der Waals surface area contributed by atoms with Crippen molar-refractivity contribution in [3.63, 3.8) is 0 Å². The molecular formula is C22H34N2O2S. The minimum atomic E-state index is -0.0421. The zero-order valence-electron chi connectivity index (χ0n) is 16.9. The van der Waals surface area contributed by atoms with Gasteiger partial charge in [-0.3, -0.25) is 9.59 Å². The molecule has 0 unspecified atom stereocenters. The predicted molar refractivity (Wildman–Crippen MR) is 108 cm³/mol. The number of nitrogens with zero attached hydrogens (tertiary/aromatic N) is 2. The van der Waals surface area contributed by atoms with E-state index < -0.39 is 0 Å². The molecule has 1 spiro atoms. The van der Waals surface area contributed by atoms with Crippen molar-refractivity contribution < 1.29 is 9.59 Å². The van der Waals surface area contributed by atoms with Crippen molar-refractivity contribution >= 4 is 23.6 Å². The summed E-state index contributed by atoms with van der Waals surface area (Å²) in [5.41, 5.74) is -0.0183. The van der Waals surface area contributed by atoms with Crippen molar-refractivity contribution in [2.24, 2.45) is 29.1 Å². The summed E-state index contributed by atoms with van der Waals surface area (Å²) in [6.07, 6.45) is 9.54. The van der Waals surface area contributed by atoms with E-state index in [2.05, 4.69) is 9.80 Å². The van der Waals surface area contributed by atoms with Crippen LogP contribution in [-0.4, -0.2) is 51.9 Å². The predicted octanol–water partition coefficient (Wildman–Crippen LogP) is 3.75. The molecular weight excluding hydrogens is 356 g/mol. The number of likely N-dealkylation sites (tertiary alicyclic amines) is 1. The normalized spacial score (nSPS) is 39.6. The maximum Gasteiger partial charge on any atom is 0.228 e. The second kappa shape index (κ2) is 6.40. The van der Waals surface area contributed by atoms with E-state index in [9.17, 15) is 9.59 Å². The number of piperidine rings is 1. The highest BCUT2D eigenvalue weighted by Gasteiger charge is 2.56. The molecule has 6 aliphatic rings. The van der Waals surface area contributed by atoms with Gasteiger partial charge >= 0.3 is 0 Å². The highest BCUT2D eigenvalue weighted by atomic mass is 32.2. The number of hydrogen-bond acceptors (Lipinski definition) is 3. The van der Waals surface area contributed by atoms with E-state index in [4.69, 9.17) is 0 Å². The van der Waals surface area contributed by atoms with Crippen molar-refractivity contribution in [2.45, 2.75) is 70.1 Å². The van der Waals surface area contributed by atoms with E-state index in [1.165, 1.54) is 19.3 Å². The molecule has 0 aromatic carbocycles. The molecule has 2 saturated heterocycles. The van der Waals surface area contributed by atoms with Crippen molar-refractivity contribution in [1.29, 1.82) is 0 Å². The summed E-state index contributed by atoms with van der Waals surface area (Å²) >= 11 is 1.96. The zero-order chi connectivity index (χ0) is 18.8. The van der Waals surface area contributed by atoms with Gasteiger partial charge in [-0.15, -0.1) is 11.8 Å². The fourth-order valence-electron chi connectivity index (χ4n) is 7.41. The lowest BCUT2D eigenvalue weighted by Gasteiger charge is -2.57. The third kappa shape index (κ3) is 2.86. The van der Waals surface area contributed by atoms with E-state index in [0.29, 0.717) is 11.8 Å². The monoisotopic (exact) mass is 390 g/mol. The SMILES string of the molecule is CC(C)C(=O)N1CCSC12CCN(C(=O)C13CC4CC(CC(C4)C1)C3)CC2. The first-order valence-electron chi connectivity index (χ1n) is 11.2. The molecule has 0 N–H and O–H groups in total. The van der Waals surface area contributed by atoms with Gasteiger partial charge in [-0.2, -0.15) is 0 Å². The summed E-state index contributed by atoms with van der Waals surface area (Å²) in [6, 6.07) is 0. The van der Waals surface area contributed by atoms with E-state index >= 15 is 0 Å². The zero-order valence-corrected chi connectivity index (χ0v) is 17.7. The molecule has 4 bridgehead atoms. The molecule has 2 aliphatic heterocycles. The Morgan fingerprint density at radius 3 is 2.00 bits per heavy atom. The molecule has 0 aromatic rings. The molecule has 150 valence electrons. The Morgan fingerprint density at radius 2 is 1.48 bits per heavy atom. The summed E-state index contributed by atoms with van der Waals surface area (Å²) in [5, 5.41) is 0. The first-order valence-corrected chi connectivity index (χ1v) is 12.1. The van der Waals surface area contributed by atoms with Crippen LogP contribution in [0, 0.1) is 29.1 Å². The molecule has 0 atom stereocenters. The topological polar surface area (TPSA) is 40.6 Å². The third-order valence-corrected chi connectivity index (χ3v) is 9.81. The molecule has 6 fully saturated rings. The third-order valence-electron chi connectivity index (χ3n) is 8.26. The quantitative estimate of drug-likeness (QED) is 0.721. The number of rotatable bonds is 2. The molecule has 2 amide bonds. The van der Waals surface area contributed by atoms with Crippen molar-refractivity contribution in [1.82, 2.24) is 9.80 Å². The highest BCUT2D eigenvalue weighted by molar-refractivity contribution is 8.00. The van der Waals surface area contributed by atoms with Gasteiger partial charge < -0.3 is 9.80 Å². The van der Waals surface area contributed by atoms with E-state index in [0.717, 1.165) is 75.2 Å². The Morgan fingerprint density at radius 1 is 0.926 bits per heavy atom. The van der Waals surface area contributed by atoms with Crippen LogP contribution in [0.2, 0.25) is 0 Å². The van der Waals surface area contributed by atoms with Gasteiger partial charge in [0.25, 0.3) is 0 Å². The van der Waals surface area contributed by atoms with Crippen molar-refractivity contribution in [2.75, 3.05) is 25.4 Å².